The molecule has 1 saturated heterocycles. The lowest BCUT2D eigenvalue weighted by Crippen LogP contribution is -2.68. The molecule has 178 valence electrons. The smallest absolute Gasteiger partial charge is 0.355 e. The highest BCUT2D eigenvalue weighted by atomic mass is 35.6. The maximum absolute atomic E-state index is 12.0. The molecule has 33 heavy (non-hydrogen) atoms. The minimum atomic E-state index is -4.09. The van der Waals surface area contributed by atoms with Crippen molar-refractivity contribution in [3.8, 4) is 0 Å². The van der Waals surface area contributed by atoms with Crippen molar-refractivity contribution < 1.29 is 27.3 Å². The van der Waals surface area contributed by atoms with Gasteiger partial charge in [0.1, 0.15) is 23.7 Å². The highest BCUT2D eigenvalue weighted by molar-refractivity contribution is 8.00. The Hall–Kier alpha value is -1.53. The first-order valence-electron chi connectivity index (χ1n) is 9.40. The van der Waals surface area contributed by atoms with E-state index in [1.54, 1.807) is 19.1 Å². The average Bonchev–Trinajstić information content (AvgIpc) is 2.75. The number of halogens is 3. The van der Waals surface area contributed by atoms with Gasteiger partial charge in [-0.3, -0.25) is 14.2 Å². The molecule has 2 aromatic rings. The Morgan fingerprint density at radius 3 is 2.48 bits per heavy atom. The summed E-state index contributed by atoms with van der Waals surface area (Å²) in [6.07, 6.45) is 0. The highest BCUT2D eigenvalue weighted by Crippen LogP contribution is 2.39. The number of esters is 1. The van der Waals surface area contributed by atoms with Gasteiger partial charge in [0.25, 0.3) is 10.1 Å². The van der Waals surface area contributed by atoms with Crippen LogP contribution in [0, 0.1) is 0 Å². The van der Waals surface area contributed by atoms with Crippen LogP contribution < -0.4 is 5.73 Å². The maximum Gasteiger partial charge on any atom is 0.355 e. The van der Waals surface area contributed by atoms with Crippen LogP contribution in [0.4, 0.5) is 0 Å². The van der Waals surface area contributed by atoms with Crippen molar-refractivity contribution in [3.05, 3.63) is 53.7 Å². The fourth-order valence-corrected chi connectivity index (χ4v) is 5.12. The molecule has 1 fully saturated rings. The molecule has 0 bridgehead atoms. The monoisotopic (exact) mass is 552 g/mol. The Kier molecular flexibility index (Phi) is 7.89. The number of carbonyl (C=O) groups is 2. The summed E-state index contributed by atoms with van der Waals surface area (Å²) in [5.41, 5.74) is 6.64. The van der Waals surface area contributed by atoms with Crippen molar-refractivity contribution in [1.29, 1.82) is 0 Å². The molecule has 0 aliphatic carbocycles. The van der Waals surface area contributed by atoms with Gasteiger partial charge in [0.15, 0.2) is 0 Å². The molecule has 2 heterocycles. The van der Waals surface area contributed by atoms with E-state index in [2.05, 4.69) is 0 Å². The van der Waals surface area contributed by atoms with Crippen molar-refractivity contribution in [1.82, 2.24) is 4.90 Å². The van der Waals surface area contributed by atoms with Crippen LogP contribution in [-0.4, -0.2) is 57.3 Å². The lowest BCUT2D eigenvalue weighted by Gasteiger charge is -2.48. The molecule has 3 N–H and O–H groups in total. The van der Waals surface area contributed by atoms with Gasteiger partial charge in [-0.2, -0.15) is 8.42 Å². The molecule has 0 spiro atoms. The Bertz CT molecular complexity index is 1230. The minimum Gasteiger partial charge on any atom is -0.456 e. The van der Waals surface area contributed by atoms with Gasteiger partial charge >= 0.3 is 5.97 Å². The van der Waals surface area contributed by atoms with Crippen molar-refractivity contribution in [2.24, 2.45) is 5.73 Å². The largest absolute Gasteiger partial charge is 0.456 e. The lowest BCUT2D eigenvalue weighted by molar-refractivity contribution is -0.150. The third kappa shape index (κ3) is 6.13. The normalized spacial score (nSPS) is 20.5. The molecule has 0 saturated carbocycles. The average molecular weight is 554 g/mol. The molecular formula is C20H19Cl3N2O6S2. The van der Waals surface area contributed by atoms with E-state index in [4.69, 9.17) is 49.8 Å². The first-order valence-corrected chi connectivity index (χ1v) is 13.0. The molecule has 2 aliphatic heterocycles. The van der Waals surface area contributed by atoms with Crippen molar-refractivity contribution in [3.63, 3.8) is 0 Å². The van der Waals surface area contributed by atoms with E-state index < -0.39 is 25.9 Å². The van der Waals surface area contributed by atoms with Gasteiger partial charge in [-0.15, -0.1) is 11.8 Å². The number of β-lactam (4-membered cyclic amide) rings is 1. The van der Waals surface area contributed by atoms with Gasteiger partial charge < -0.3 is 10.5 Å². The minimum absolute atomic E-state index is 0.0730. The van der Waals surface area contributed by atoms with Crippen LogP contribution >= 0.6 is 46.6 Å². The number of amides is 1. The summed E-state index contributed by atoms with van der Waals surface area (Å²) in [5.74, 6) is -0.355. The standard InChI is InChI=1S/C10H11Cl3N2O3S.C10H8O3S/c1-4-2-19-8-5(14)7(16)15(8)6(4)9(17)18-3-10(11,12)13;11-14(12,13)10-6-5-8-3-1-2-4-9(8)7-10/h5,8H,2-3,14H2,1H3;1-7H,(H,11,12,13)/t5-,8+;/m1./s1. The van der Waals surface area contributed by atoms with Gasteiger partial charge in [-0.05, 0) is 35.4 Å². The third-order valence-electron chi connectivity index (χ3n) is 4.78. The van der Waals surface area contributed by atoms with Crippen LogP contribution in [0.3, 0.4) is 0 Å². The molecule has 4 rings (SSSR count). The number of rotatable bonds is 3. The van der Waals surface area contributed by atoms with Crippen LogP contribution in [0.5, 0.6) is 0 Å². The summed E-state index contributed by atoms with van der Waals surface area (Å²) in [4.78, 5) is 25.0. The number of alkyl halides is 3. The highest BCUT2D eigenvalue weighted by Gasteiger charge is 2.51. The zero-order valence-corrected chi connectivity index (χ0v) is 21.0. The molecule has 2 atom stereocenters. The number of nitrogens with zero attached hydrogens (tertiary/aromatic N) is 1. The molecule has 0 aromatic heterocycles. The molecule has 13 heteroatoms. The third-order valence-corrected chi connectivity index (χ3v) is 7.40. The van der Waals surface area contributed by atoms with E-state index in [0.29, 0.717) is 5.75 Å². The molecule has 0 radical (unpaired) electrons. The molecule has 2 aliphatic rings. The van der Waals surface area contributed by atoms with E-state index in [9.17, 15) is 18.0 Å². The van der Waals surface area contributed by atoms with Crippen LogP contribution in [-0.2, 0) is 24.4 Å². The van der Waals surface area contributed by atoms with Gasteiger partial charge in [-0.25, -0.2) is 4.79 Å². The van der Waals surface area contributed by atoms with Crippen molar-refractivity contribution in [2.45, 2.75) is 27.0 Å². The van der Waals surface area contributed by atoms with Crippen LogP contribution in [0.2, 0.25) is 0 Å². The van der Waals surface area contributed by atoms with Gasteiger partial charge in [0, 0.05) is 5.75 Å². The number of hydrogen-bond donors (Lipinski definition) is 2. The zero-order valence-electron chi connectivity index (χ0n) is 17.1. The van der Waals surface area contributed by atoms with E-state index >= 15 is 0 Å². The Morgan fingerprint density at radius 1 is 1.24 bits per heavy atom. The number of benzene rings is 2. The first-order chi connectivity index (χ1) is 15.3. The number of nitrogens with two attached hydrogens (primary N) is 1. The summed E-state index contributed by atoms with van der Waals surface area (Å²) in [6, 6.07) is 11.3. The van der Waals surface area contributed by atoms with Crippen LogP contribution in [0.15, 0.2) is 58.6 Å². The van der Waals surface area contributed by atoms with Crippen molar-refractivity contribution >= 4 is 79.3 Å². The Labute approximate surface area is 209 Å². The summed E-state index contributed by atoms with van der Waals surface area (Å²) in [7, 11) is -4.09. The predicted octanol–water partition coefficient (Wildman–Crippen LogP) is 3.50. The van der Waals surface area contributed by atoms with Crippen molar-refractivity contribution in [2.75, 3.05) is 12.4 Å². The Morgan fingerprint density at radius 2 is 1.88 bits per heavy atom. The van der Waals surface area contributed by atoms with Gasteiger partial charge in [-0.1, -0.05) is 65.1 Å². The fraction of sp³-hybridized carbons (Fsp3) is 0.300. The summed E-state index contributed by atoms with van der Waals surface area (Å²) >= 11 is 18.1. The van der Waals surface area contributed by atoms with E-state index in [-0.39, 0.29) is 28.5 Å². The second-order valence-electron chi connectivity index (χ2n) is 7.24. The molecule has 0 unspecified atom stereocenters. The molecule has 1 amide bonds. The summed E-state index contributed by atoms with van der Waals surface area (Å²) in [5, 5.41) is 1.52. The maximum atomic E-state index is 12.0. The van der Waals surface area contributed by atoms with Gasteiger partial charge in [0.05, 0.1) is 4.90 Å². The van der Waals surface area contributed by atoms with Crippen LogP contribution in [0.25, 0.3) is 10.8 Å². The number of ether oxygens (including phenoxy) is 1. The second-order valence-corrected chi connectivity index (χ2v) is 12.3. The van der Waals surface area contributed by atoms with E-state index in [1.165, 1.54) is 28.8 Å². The summed E-state index contributed by atoms with van der Waals surface area (Å²) < 4.78 is 33.7. The number of fused-ring (bicyclic) bond motifs is 2. The zero-order chi connectivity index (χ0) is 24.6. The number of carbonyl (C=O) groups excluding carboxylic acids is 2. The topological polar surface area (TPSA) is 127 Å². The molecule has 2 aromatic carbocycles. The van der Waals surface area contributed by atoms with Crippen LogP contribution in [0.1, 0.15) is 6.92 Å². The van der Waals surface area contributed by atoms with E-state index in [1.807, 2.05) is 18.2 Å². The number of thioether (sulfide) groups is 1. The SMILES string of the molecule is CC1=C(C(=O)OCC(Cl)(Cl)Cl)N2C(=O)[C@@H](N)[C@@H]2SC1.O=S(=O)(O)c1ccc2ccccc2c1. The molecular weight excluding hydrogens is 535 g/mol. The lowest BCUT2D eigenvalue weighted by atomic mass is 10.0. The second kappa shape index (κ2) is 9.99. The molecule has 8 nitrogen and oxygen atoms in total. The quantitative estimate of drug-likeness (QED) is 0.256. The van der Waals surface area contributed by atoms with E-state index in [0.717, 1.165) is 16.3 Å². The number of hydrogen-bond acceptors (Lipinski definition) is 7. The first kappa shape index (κ1) is 26.1. The predicted molar refractivity (Wildman–Crippen MR) is 129 cm³/mol. The summed E-state index contributed by atoms with van der Waals surface area (Å²) in [6.45, 7) is 1.38. The fourth-order valence-electron chi connectivity index (χ4n) is 3.20. The Balaban J connectivity index is 0.000000194. The van der Waals surface area contributed by atoms with Gasteiger partial charge in [0.2, 0.25) is 9.70 Å².